The van der Waals surface area contributed by atoms with Crippen molar-refractivity contribution in [2.75, 3.05) is 62.3 Å². The highest BCUT2D eigenvalue weighted by Gasteiger charge is 2.52. The number of piperazine rings is 1. The molecule has 0 aliphatic carbocycles. The van der Waals surface area contributed by atoms with Crippen LogP contribution >= 0.6 is 0 Å². The molecule has 1 atom stereocenters. The number of hydrogen-bond donors (Lipinski definition) is 0. The Bertz CT molecular complexity index is 1570. The van der Waals surface area contributed by atoms with Gasteiger partial charge >= 0.3 is 13.1 Å². The van der Waals surface area contributed by atoms with Crippen LogP contribution in [0.4, 0.5) is 11.9 Å². The first kappa shape index (κ1) is 44.7. The molecule has 2 aromatic heterocycles. The molecule has 306 valence electrons. The third-order valence-corrected chi connectivity index (χ3v) is 21.2. The van der Waals surface area contributed by atoms with Crippen LogP contribution in [0.2, 0.25) is 36.3 Å². The summed E-state index contributed by atoms with van der Waals surface area (Å²) in [6.45, 7) is 35.0. The van der Waals surface area contributed by atoms with Crippen molar-refractivity contribution in [2.24, 2.45) is 0 Å². The number of carbonyl (C=O) groups is 2. The third kappa shape index (κ3) is 10.5. The van der Waals surface area contributed by atoms with E-state index in [1.54, 1.807) is 19.3 Å². The Labute approximate surface area is 331 Å². The second kappa shape index (κ2) is 16.9. The second-order valence-corrected chi connectivity index (χ2v) is 28.2. The zero-order chi connectivity index (χ0) is 41.2. The summed E-state index contributed by atoms with van der Waals surface area (Å²) in [5.74, 6) is 0.236. The van der Waals surface area contributed by atoms with Crippen LogP contribution in [0.3, 0.4) is 0 Å². The summed E-state index contributed by atoms with van der Waals surface area (Å²) in [6, 6.07) is -0.700. The smallest absolute Gasteiger partial charge is 0.462 e. The van der Waals surface area contributed by atoms with Crippen LogP contribution < -0.4 is 15.3 Å². The van der Waals surface area contributed by atoms with Crippen LogP contribution in [0.25, 0.3) is 0 Å². The van der Waals surface area contributed by atoms with E-state index in [-0.39, 0.29) is 34.7 Å². The van der Waals surface area contributed by atoms with Gasteiger partial charge in [0.2, 0.25) is 17.8 Å². The molecule has 4 heterocycles. The Morgan fingerprint density at radius 1 is 0.818 bits per heavy atom. The number of carbonyl (C=O) groups excluding carboxylic acids is 2. The number of rotatable bonds is 14. The fourth-order valence-electron chi connectivity index (χ4n) is 5.60. The largest absolute Gasteiger partial charge is 0.498 e. The maximum absolute atomic E-state index is 14.9. The molecular formula is C38H66BN7O7Si2. The van der Waals surface area contributed by atoms with Crippen molar-refractivity contribution in [3.8, 4) is 0 Å². The van der Waals surface area contributed by atoms with Crippen molar-refractivity contribution < 1.29 is 32.5 Å². The topological polar surface area (TPSA) is 142 Å². The molecule has 2 aliphatic heterocycles. The lowest BCUT2D eigenvalue weighted by Gasteiger charge is -2.43. The lowest BCUT2D eigenvalue weighted by atomic mass is 9.81. The Hall–Kier alpha value is -2.96. The van der Waals surface area contributed by atoms with E-state index in [4.69, 9.17) is 32.9 Å². The van der Waals surface area contributed by atoms with Gasteiger partial charge in [-0.1, -0.05) is 41.5 Å². The normalized spacial score (nSPS) is 19.1. The number of ether oxygens (including phenoxy) is 1. The van der Waals surface area contributed by atoms with Gasteiger partial charge in [0.1, 0.15) is 6.04 Å². The van der Waals surface area contributed by atoms with Crippen LogP contribution in [0.5, 0.6) is 0 Å². The van der Waals surface area contributed by atoms with Crippen molar-refractivity contribution >= 4 is 53.0 Å². The summed E-state index contributed by atoms with van der Waals surface area (Å²) in [4.78, 5) is 51.7. The van der Waals surface area contributed by atoms with Gasteiger partial charge in [0.15, 0.2) is 16.6 Å². The number of esters is 1. The molecule has 0 saturated carbocycles. The van der Waals surface area contributed by atoms with E-state index in [9.17, 15) is 9.59 Å². The predicted octanol–water partition coefficient (Wildman–Crippen LogP) is 5.31. The minimum atomic E-state index is -2.08. The van der Waals surface area contributed by atoms with Gasteiger partial charge in [-0.25, -0.2) is 24.7 Å². The third-order valence-electron chi connectivity index (χ3n) is 12.1. The molecule has 0 bridgehead atoms. The van der Waals surface area contributed by atoms with E-state index >= 15 is 0 Å². The second-order valence-electron chi connectivity index (χ2n) is 18.6. The molecule has 2 aliphatic rings. The fourth-order valence-corrected chi connectivity index (χ4v) is 7.67. The summed E-state index contributed by atoms with van der Waals surface area (Å²) >= 11 is 0. The summed E-state index contributed by atoms with van der Waals surface area (Å²) in [5, 5.41) is 0.0535. The van der Waals surface area contributed by atoms with Crippen molar-refractivity contribution in [1.29, 1.82) is 0 Å². The Morgan fingerprint density at radius 3 is 1.75 bits per heavy atom. The molecule has 2 fully saturated rings. The summed E-state index contributed by atoms with van der Waals surface area (Å²) in [6.07, 6.45) is 6.36. The Balaban J connectivity index is 1.64. The molecule has 0 radical (unpaired) electrons. The van der Waals surface area contributed by atoms with Gasteiger partial charge in [0, 0.05) is 56.4 Å². The quantitative estimate of drug-likeness (QED) is 0.180. The average Bonchev–Trinajstić information content (AvgIpc) is 3.32. The molecule has 14 nitrogen and oxygen atoms in total. The van der Waals surface area contributed by atoms with Crippen LogP contribution in [-0.2, 0) is 27.7 Å². The lowest BCUT2D eigenvalue weighted by molar-refractivity contribution is -0.133. The molecule has 17 heteroatoms. The number of amides is 1. The molecular weight excluding hydrogens is 733 g/mol. The van der Waals surface area contributed by atoms with E-state index in [0.29, 0.717) is 51.3 Å². The first-order valence-electron chi connectivity index (χ1n) is 19.6. The highest BCUT2D eigenvalue weighted by molar-refractivity contribution is 6.74. The Morgan fingerprint density at radius 2 is 1.29 bits per heavy atom. The van der Waals surface area contributed by atoms with Gasteiger partial charge in [0.25, 0.3) is 0 Å². The predicted molar refractivity (Wildman–Crippen MR) is 222 cm³/mol. The first-order valence-corrected chi connectivity index (χ1v) is 25.4. The standard InChI is InChI=1S/C38H66BN7O7Si2/c1-16-49-32(48)28-23-40-34(41-24-28)46-18-17-45(33-42-25-29(26-43-33)39-52-37(8,9)38(10,11)53-39)27-30(46)31(47)44(19-21-50-54(12,13)35(2,3)4)20-22-51-55(14,15)36(5,6)7/h23-26,30H,16-22,27H2,1-15H3/t30-/m1/s1. The van der Waals surface area contributed by atoms with Gasteiger partial charge in [-0.05, 0) is 70.9 Å². The minimum Gasteiger partial charge on any atom is -0.462 e. The number of hydrogen-bond acceptors (Lipinski definition) is 13. The van der Waals surface area contributed by atoms with Crippen LogP contribution in [0, 0.1) is 0 Å². The highest BCUT2D eigenvalue weighted by Crippen LogP contribution is 2.38. The number of aromatic nitrogens is 4. The van der Waals surface area contributed by atoms with Gasteiger partial charge in [0.05, 0.1) is 43.1 Å². The summed E-state index contributed by atoms with van der Waals surface area (Å²) in [7, 11) is -4.74. The van der Waals surface area contributed by atoms with Crippen LogP contribution in [0.15, 0.2) is 24.8 Å². The van der Waals surface area contributed by atoms with Crippen molar-refractivity contribution in [3.05, 3.63) is 30.4 Å². The maximum atomic E-state index is 14.9. The molecule has 55 heavy (non-hydrogen) atoms. The summed E-state index contributed by atoms with van der Waals surface area (Å²) in [5.41, 5.74) is -0.0179. The SMILES string of the molecule is CCOC(=O)c1cnc(N2CCN(c3ncc(B4OC(C)(C)C(C)(C)O4)cn3)C[C@@H]2C(=O)N(CCO[Si](C)(C)C(C)(C)C)CCO[Si](C)(C)C(C)(C)C)nc1. The monoisotopic (exact) mass is 799 g/mol. The minimum absolute atomic E-state index is 0.0268. The molecule has 0 aromatic carbocycles. The first-order chi connectivity index (χ1) is 25.3. The van der Waals surface area contributed by atoms with E-state index in [2.05, 4.69) is 77.7 Å². The fraction of sp³-hybridized carbons (Fsp3) is 0.737. The number of anilines is 2. The molecule has 4 rings (SSSR count). The highest BCUT2D eigenvalue weighted by atomic mass is 28.4. The zero-order valence-electron chi connectivity index (χ0n) is 36.1. The average molecular weight is 800 g/mol. The molecule has 0 spiro atoms. The molecule has 1 amide bonds. The summed E-state index contributed by atoms with van der Waals surface area (Å²) < 4.78 is 30.7. The van der Waals surface area contributed by atoms with Crippen molar-refractivity contribution in [3.63, 3.8) is 0 Å². The molecule has 2 saturated heterocycles. The van der Waals surface area contributed by atoms with E-state index in [1.165, 1.54) is 12.4 Å². The van der Waals surface area contributed by atoms with Gasteiger partial charge in [-0.15, -0.1) is 0 Å². The van der Waals surface area contributed by atoms with E-state index in [0.717, 1.165) is 5.46 Å². The van der Waals surface area contributed by atoms with Crippen molar-refractivity contribution in [2.45, 2.75) is 130 Å². The van der Waals surface area contributed by atoms with Crippen LogP contribution in [0.1, 0.15) is 86.5 Å². The molecule has 0 N–H and O–H groups in total. The molecule has 0 unspecified atom stereocenters. The Kier molecular flexibility index (Phi) is 13.7. The van der Waals surface area contributed by atoms with Gasteiger partial charge in [-0.2, -0.15) is 0 Å². The molecule has 2 aromatic rings. The van der Waals surface area contributed by atoms with Gasteiger partial charge in [-0.3, -0.25) is 4.79 Å². The number of nitrogens with zero attached hydrogens (tertiary/aromatic N) is 7. The lowest BCUT2D eigenvalue weighted by Crippen LogP contribution is -2.61. The maximum Gasteiger partial charge on any atom is 0.498 e. The van der Waals surface area contributed by atoms with E-state index < -0.39 is 47.0 Å². The van der Waals surface area contributed by atoms with Crippen LogP contribution in [-0.4, -0.2) is 130 Å². The van der Waals surface area contributed by atoms with E-state index in [1.807, 2.05) is 42.4 Å². The van der Waals surface area contributed by atoms with Crippen molar-refractivity contribution in [1.82, 2.24) is 24.8 Å². The van der Waals surface area contributed by atoms with Gasteiger partial charge < -0.3 is 37.6 Å². The zero-order valence-corrected chi connectivity index (χ0v) is 38.1.